The Balaban J connectivity index is 1.32. The first kappa shape index (κ1) is 23.5. The number of anilines is 1. The molecule has 1 N–H and O–H groups in total. The van der Waals surface area contributed by atoms with E-state index in [0.29, 0.717) is 43.7 Å². The molecule has 6 heteroatoms. The van der Waals surface area contributed by atoms with Crippen LogP contribution < -0.4 is 5.32 Å². The number of aryl methyl sites for hydroxylation is 1. The molecule has 1 aromatic heterocycles. The van der Waals surface area contributed by atoms with Crippen LogP contribution in [-0.2, 0) is 11.3 Å². The highest BCUT2D eigenvalue weighted by atomic mass is 16.2. The van der Waals surface area contributed by atoms with Crippen LogP contribution in [0.15, 0.2) is 91.1 Å². The molecule has 6 nitrogen and oxygen atoms in total. The lowest BCUT2D eigenvalue weighted by Crippen LogP contribution is -2.41. The highest BCUT2D eigenvalue weighted by molar-refractivity contribution is 6.00. The Kier molecular flexibility index (Phi) is 6.94. The van der Waals surface area contributed by atoms with Gasteiger partial charge in [-0.25, -0.2) is 0 Å². The van der Waals surface area contributed by atoms with Crippen molar-refractivity contribution in [3.05, 3.63) is 108 Å². The summed E-state index contributed by atoms with van der Waals surface area (Å²) in [5.41, 5.74) is 5.30. The van der Waals surface area contributed by atoms with E-state index in [0.717, 1.165) is 22.4 Å². The zero-order valence-electron chi connectivity index (χ0n) is 20.4. The van der Waals surface area contributed by atoms with Crippen molar-refractivity contribution in [2.45, 2.75) is 26.3 Å². The van der Waals surface area contributed by atoms with E-state index in [1.165, 1.54) is 0 Å². The van der Waals surface area contributed by atoms with Crippen LogP contribution in [-0.4, -0.2) is 39.6 Å². The van der Waals surface area contributed by atoms with Crippen molar-refractivity contribution in [2.75, 3.05) is 18.4 Å². The molecule has 2 heterocycles. The standard InChI is InChI=1S/C30H30N4O2/c1-22-12-14-24(15-13-22)28-27(21-34(32-28)20-23-8-4-2-5-9-23)30(36)33-18-16-25(17-19-33)29(35)31-26-10-6-3-7-11-26/h2-15,21,25H,16-20H2,1H3,(H,31,35). The first-order chi connectivity index (χ1) is 17.6. The predicted octanol–water partition coefficient (Wildman–Crippen LogP) is 5.40. The Labute approximate surface area is 211 Å². The predicted molar refractivity (Wildman–Crippen MR) is 142 cm³/mol. The second-order valence-corrected chi connectivity index (χ2v) is 9.36. The third-order valence-electron chi connectivity index (χ3n) is 6.70. The normalized spacial score (nSPS) is 14.0. The summed E-state index contributed by atoms with van der Waals surface area (Å²) in [7, 11) is 0. The maximum atomic E-state index is 13.7. The van der Waals surface area contributed by atoms with Gasteiger partial charge < -0.3 is 10.2 Å². The van der Waals surface area contributed by atoms with Gasteiger partial charge in [0, 0.05) is 36.5 Å². The number of carbonyl (C=O) groups excluding carboxylic acids is 2. The molecule has 1 saturated heterocycles. The van der Waals surface area contributed by atoms with Crippen LogP contribution in [0.3, 0.4) is 0 Å². The average Bonchev–Trinajstić information content (AvgIpc) is 3.33. The van der Waals surface area contributed by atoms with Crippen LogP contribution in [0.5, 0.6) is 0 Å². The van der Waals surface area contributed by atoms with Crippen LogP contribution in [0.2, 0.25) is 0 Å². The number of likely N-dealkylation sites (tertiary alicyclic amines) is 1. The molecule has 2 amide bonds. The Morgan fingerprint density at radius 1 is 0.889 bits per heavy atom. The van der Waals surface area contributed by atoms with Crippen LogP contribution in [0.25, 0.3) is 11.3 Å². The van der Waals surface area contributed by atoms with Crippen LogP contribution in [0, 0.1) is 12.8 Å². The molecule has 0 spiro atoms. The number of piperidine rings is 1. The van der Waals surface area contributed by atoms with E-state index in [1.807, 2.05) is 95.5 Å². The minimum Gasteiger partial charge on any atom is -0.338 e. The molecule has 1 aliphatic rings. The molecule has 0 bridgehead atoms. The monoisotopic (exact) mass is 478 g/mol. The van der Waals surface area contributed by atoms with Crippen LogP contribution in [0.1, 0.15) is 34.3 Å². The number of nitrogens with zero attached hydrogens (tertiary/aromatic N) is 3. The van der Waals surface area contributed by atoms with Crippen molar-refractivity contribution >= 4 is 17.5 Å². The van der Waals surface area contributed by atoms with E-state index in [2.05, 4.69) is 17.4 Å². The molecule has 0 atom stereocenters. The van der Waals surface area contributed by atoms with E-state index in [1.54, 1.807) is 0 Å². The Bertz CT molecular complexity index is 1320. The van der Waals surface area contributed by atoms with Crippen molar-refractivity contribution in [1.29, 1.82) is 0 Å². The summed E-state index contributed by atoms with van der Waals surface area (Å²) in [6, 6.07) is 27.7. The first-order valence-corrected chi connectivity index (χ1v) is 12.4. The topological polar surface area (TPSA) is 67.2 Å². The second kappa shape index (κ2) is 10.6. The van der Waals surface area contributed by atoms with Crippen molar-refractivity contribution in [2.24, 2.45) is 5.92 Å². The molecule has 1 fully saturated rings. The summed E-state index contributed by atoms with van der Waals surface area (Å²) >= 11 is 0. The van der Waals surface area contributed by atoms with Gasteiger partial charge >= 0.3 is 0 Å². The first-order valence-electron chi connectivity index (χ1n) is 12.4. The molecular weight excluding hydrogens is 448 g/mol. The van der Waals surface area contributed by atoms with E-state index in [-0.39, 0.29) is 17.7 Å². The molecule has 3 aromatic carbocycles. The third kappa shape index (κ3) is 5.38. The summed E-state index contributed by atoms with van der Waals surface area (Å²) in [5, 5.41) is 7.81. The Morgan fingerprint density at radius 3 is 2.19 bits per heavy atom. The number of para-hydroxylation sites is 1. The highest BCUT2D eigenvalue weighted by Crippen LogP contribution is 2.27. The van der Waals surface area contributed by atoms with E-state index < -0.39 is 0 Å². The quantitative estimate of drug-likeness (QED) is 0.404. The number of hydrogen-bond donors (Lipinski definition) is 1. The lowest BCUT2D eigenvalue weighted by atomic mass is 9.95. The maximum Gasteiger partial charge on any atom is 0.257 e. The fourth-order valence-electron chi connectivity index (χ4n) is 4.63. The number of rotatable bonds is 6. The van der Waals surface area contributed by atoms with Crippen molar-refractivity contribution in [3.63, 3.8) is 0 Å². The lowest BCUT2D eigenvalue weighted by molar-refractivity contribution is -0.121. The summed E-state index contributed by atoms with van der Waals surface area (Å²) < 4.78 is 1.85. The van der Waals surface area contributed by atoms with Crippen molar-refractivity contribution in [1.82, 2.24) is 14.7 Å². The Hall–Kier alpha value is -4.19. The van der Waals surface area contributed by atoms with Gasteiger partial charge in [-0.1, -0.05) is 78.4 Å². The fraction of sp³-hybridized carbons (Fsp3) is 0.233. The molecule has 1 aliphatic heterocycles. The minimum absolute atomic E-state index is 0.0179. The molecule has 0 saturated carbocycles. The van der Waals surface area contributed by atoms with Gasteiger partial charge in [0.15, 0.2) is 0 Å². The third-order valence-corrected chi connectivity index (χ3v) is 6.70. The number of nitrogens with one attached hydrogen (secondary N) is 1. The SMILES string of the molecule is Cc1ccc(-c2nn(Cc3ccccc3)cc2C(=O)N2CCC(C(=O)Nc3ccccc3)CC2)cc1. The molecular formula is C30H30N4O2. The van der Waals surface area contributed by atoms with Crippen molar-refractivity contribution in [3.8, 4) is 11.3 Å². The molecule has 5 rings (SSSR count). The molecule has 0 radical (unpaired) electrons. The summed E-state index contributed by atoms with van der Waals surface area (Å²) in [6.07, 6.45) is 3.14. The lowest BCUT2D eigenvalue weighted by Gasteiger charge is -2.31. The number of carbonyl (C=O) groups is 2. The van der Waals surface area contributed by atoms with Gasteiger partial charge in [0.1, 0.15) is 5.69 Å². The van der Waals surface area contributed by atoms with Gasteiger partial charge in [-0.15, -0.1) is 0 Å². The fourth-order valence-corrected chi connectivity index (χ4v) is 4.63. The Morgan fingerprint density at radius 2 is 1.53 bits per heavy atom. The maximum absolute atomic E-state index is 13.7. The van der Waals surface area contributed by atoms with E-state index >= 15 is 0 Å². The van der Waals surface area contributed by atoms with Gasteiger partial charge in [0.25, 0.3) is 5.91 Å². The van der Waals surface area contributed by atoms with E-state index in [9.17, 15) is 9.59 Å². The number of amides is 2. The number of benzene rings is 3. The van der Waals surface area contributed by atoms with Gasteiger partial charge in [-0.2, -0.15) is 5.10 Å². The van der Waals surface area contributed by atoms with Gasteiger partial charge in [-0.3, -0.25) is 14.3 Å². The smallest absolute Gasteiger partial charge is 0.257 e. The second-order valence-electron chi connectivity index (χ2n) is 9.36. The molecule has 0 unspecified atom stereocenters. The van der Waals surface area contributed by atoms with Gasteiger partial charge in [-0.05, 0) is 37.5 Å². The minimum atomic E-state index is -0.105. The van der Waals surface area contributed by atoms with Gasteiger partial charge in [0.05, 0.1) is 12.1 Å². The molecule has 0 aliphatic carbocycles. The largest absolute Gasteiger partial charge is 0.338 e. The van der Waals surface area contributed by atoms with E-state index in [4.69, 9.17) is 5.10 Å². The molecule has 36 heavy (non-hydrogen) atoms. The molecule has 182 valence electrons. The number of hydrogen-bond acceptors (Lipinski definition) is 3. The zero-order valence-corrected chi connectivity index (χ0v) is 20.4. The molecule has 4 aromatic rings. The van der Waals surface area contributed by atoms with Crippen molar-refractivity contribution < 1.29 is 9.59 Å². The number of aromatic nitrogens is 2. The summed E-state index contributed by atoms with van der Waals surface area (Å²) in [5.74, 6) is -0.122. The van der Waals surface area contributed by atoms with Gasteiger partial charge in [0.2, 0.25) is 5.91 Å². The zero-order chi connectivity index (χ0) is 24.9. The van der Waals surface area contributed by atoms with Crippen LogP contribution in [0.4, 0.5) is 5.69 Å². The summed E-state index contributed by atoms with van der Waals surface area (Å²) in [4.78, 5) is 28.3. The van der Waals surface area contributed by atoms with Crippen LogP contribution >= 0.6 is 0 Å². The highest BCUT2D eigenvalue weighted by Gasteiger charge is 2.30. The average molecular weight is 479 g/mol. The summed E-state index contributed by atoms with van der Waals surface area (Å²) in [6.45, 7) is 3.72.